The summed E-state index contributed by atoms with van der Waals surface area (Å²) >= 11 is 0. The zero-order valence-corrected chi connectivity index (χ0v) is 12.6. The van der Waals surface area contributed by atoms with Crippen LogP contribution in [0.25, 0.3) is 0 Å². The maximum Gasteiger partial charge on any atom is 0.303 e. The first-order chi connectivity index (χ1) is 9.79. The van der Waals surface area contributed by atoms with Crippen molar-refractivity contribution >= 4 is 5.97 Å². The molecule has 3 heteroatoms. The topological polar surface area (TPSA) is 42.2 Å². The monoisotopic (exact) mass is 279 g/mol. The van der Waals surface area contributed by atoms with Crippen molar-refractivity contribution in [2.75, 3.05) is 0 Å². The van der Waals surface area contributed by atoms with Crippen LogP contribution in [0.15, 0.2) is 24.5 Å². The second-order valence-corrected chi connectivity index (χ2v) is 5.60. The summed E-state index contributed by atoms with van der Waals surface area (Å²) in [6, 6.07) is 4.16. The highest BCUT2D eigenvalue weighted by Gasteiger charge is 1.97. The van der Waals surface area contributed by atoms with Gasteiger partial charge in [0.15, 0.2) is 0 Å². The van der Waals surface area contributed by atoms with Gasteiger partial charge in [0.2, 0.25) is 0 Å². The van der Waals surface area contributed by atoms with Crippen LogP contribution >= 0.6 is 0 Å². The van der Waals surface area contributed by atoms with Crippen LogP contribution < -0.4 is 0 Å². The van der Waals surface area contributed by atoms with E-state index in [2.05, 4.69) is 29.1 Å². The van der Waals surface area contributed by atoms with Crippen molar-refractivity contribution in [2.24, 2.45) is 0 Å². The molecular formula is C17H29NO2. The van der Waals surface area contributed by atoms with Gasteiger partial charge in [-0.05, 0) is 25.0 Å². The van der Waals surface area contributed by atoms with Crippen molar-refractivity contribution in [2.45, 2.75) is 77.2 Å². The molecule has 1 aromatic heterocycles. The van der Waals surface area contributed by atoms with Crippen molar-refractivity contribution in [3.8, 4) is 0 Å². The van der Waals surface area contributed by atoms with E-state index in [9.17, 15) is 4.79 Å². The maximum absolute atomic E-state index is 10.3. The van der Waals surface area contributed by atoms with E-state index in [4.69, 9.17) is 5.11 Å². The number of carboxylic acid groups (broad SMARTS) is 1. The van der Waals surface area contributed by atoms with Crippen LogP contribution in [-0.4, -0.2) is 15.6 Å². The number of aryl methyl sites for hydroxylation is 1. The van der Waals surface area contributed by atoms with Crippen LogP contribution in [-0.2, 0) is 11.3 Å². The van der Waals surface area contributed by atoms with E-state index in [-0.39, 0.29) is 0 Å². The van der Waals surface area contributed by atoms with E-state index in [1.807, 2.05) is 0 Å². The number of carbonyl (C=O) groups is 1. The zero-order valence-electron chi connectivity index (χ0n) is 12.6. The average molecular weight is 279 g/mol. The molecule has 0 fully saturated rings. The van der Waals surface area contributed by atoms with E-state index in [0.29, 0.717) is 6.42 Å². The lowest BCUT2D eigenvalue weighted by Gasteiger charge is -2.04. The summed E-state index contributed by atoms with van der Waals surface area (Å²) < 4.78 is 2.25. The quantitative estimate of drug-likeness (QED) is 0.524. The first-order valence-corrected chi connectivity index (χ1v) is 8.11. The summed E-state index contributed by atoms with van der Waals surface area (Å²) in [5.41, 5.74) is 0. The SMILES string of the molecule is O=C(O)CCCCCCCCCCCCn1cccc1. The minimum Gasteiger partial charge on any atom is -0.481 e. The van der Waals surface area contributed by atoms with Crippen molar-refractivity contribution in [3.63, 3.8) is 0 Å². The van der Waals surface area contributed by atoms with Crippen LogP contribution in [0.5, 0.6) is 0 Å². The van der Waals surface area contributed by atoms with Crippen molar-refractivity contribution in [1.29, 1.82) is 0 Å². The molecular weight excluding hydrogens is 250 g/mol. The largest absolute Gasteiger partial charge is 0.481 e. The van der Waals surface area contributed by atoms with Gasteiger partial charge in [0.25, 0.3) is 0 Å². The van der Waals surface area contributed by atoms with E-state index < -0.39 is 5.97 Å². The summed E-state index contributed by atoms with van der Waals surface area (Å²) in [6.45, 7) is 1.15. The molecule has 0 aliphatic heterocycles. The molecule has 0 aliphatic rings. The second kappa shape index (κ2) is 11.6. The molecule has 1 heterocycles. The van der Waals surface area contributed by atoms with Gasteiger partial charge in [0.1, 0.15) is 0 Å². The first-order valence-electron chi connectivity index (χ1n) is 8.11. The highest BCUT2D eigenvalue weighted by Crippen LogP contribution is 2.11. The highest BCUT2D eigenvalue weighted by atomic mass is 16.4. The Bertz CT molecular complexity index is 333. The fourth-order valence-electron chi connectivity index (χ4n) is 2.50. The summed E-state index contributed by atoms with van der Waals surface area (Å²) in [6.07, 6.45) is 16.9. The number of nitrogens with zero attached hydrogens (tertiary/aromatic N) is 1. The van der Waals surface area contributed by atoms with Gasteiger partial charge in [0, 0.05) is 25.4 Å². The smallest absolute Gasteiger partial charge is 0.303 e. The van der Waals surface area contributed by atoms with Gasteiger partial charge in [-0.3, -0.25) is 4.79 Å². The lowest BCUT2D eigenvalue weighted by molar-refractivity contribution is -0.137. The highest BCUT2D eigenvalue weighted by molar-refractivity contribution is 5.66. The lowest BCUT2D eigenvalue weighted by atomic mass is 10.1. The molecule has 0 amide bonds. The zero-order chi connectivity index (χ0) is 14.5. The van der Waals surface area contributed by atoms with Crippen LogP contribution in [0.3, 0.4) is 0 Å². The Morgan fingerprint density at radius 2 is 1.20 bits per heavy atom. The fraction of sp³-hybridized carbons (Fsp3) is 0.706. The molecule has 0 aromatic carbocycles. The third kappa shape index (κ3) is 9.65. The maximum atomic E-state index is 10.3. The van der Waals surface area contributed by atoms with Gasteiger partial charge >= 0.3 is 5.97 Å². The van der Waals surface area contributed by atoms with Crippen molar-refractivity contribution in [3.05, 3.63) is 24.5 Å². The Morgan fingerprint density at radius 3 is 1.70 bits per heavy atom. The molecule has 0 spiro atoms. The van der Waals surface area contributed by atoms with E-state index >= 15 is 0 Å². The lowest BCUT2D eigenvalue weighted by Crippen LogP contribution is -1.94. The molecule has 0 atom stereocenters. The molecule has 0 unspecified atom stereocenters. The number of hydrogen-bond donors (Lipinski definition) is 1. The summed E-state index contributed by atoms with van der Waals surface area (Å²) in [7, 11) is 0. The Morgan fingerprint density at radius 1 is 0.750 bits per heavy atom. The van der Waals surface area contributed by atoms with E-state index in [1.54, 1.807) is 0 Å². The molecule has 0 radical (unpaired) electrons. The Kier molecular flexibility index (Phi) is 9.72. The summed E-state index contributed by atoms with van der Waals surface area (Å²) in [5.74, 6) is -0.662. The van der Waals surface area contributed by atoms with Gasteiger partial charge in [-0.15, -0.1) is 0 Å². The summed E-state index contributed by atoms with van der Waals surface area (Å²) in [4.78, 5) is 10.3. The minimum absolute atomic E-state index is 0.335. The number of aliphatic carboxylic acids is 1. The van der Waals surface area contributed by atoms with E-state index in [1.165, 1.54) is 51.4 Å². The first kappa shape index (κ1) is 16.8. The number of carboxylic acids is 1. The molecule has 0 bridgehead atoms. The summed E-state index contributed by atoms with van der Waals surface area (Å²) in [5, 5.41) is 8.52. The molecule has 1 N–H and O–H groups in total. The number of hydrogen-bond acceptors (Lipinski definition) is 1. The Hall–Kier alpha value is -1.25. The second-order valence-electron chi connectivity index (χ2n) is 5.60. The van der Waals surface area contributed by atoms with Gasteiger partial charge in [-0.2, -0.15) is 0 Å². The predicted octanol–water partition coefficient (Wildman–Crippen LogP) is 4.86. The van der Waals surface area contributed by atoms with Gasteiger partial charge in [-0.1, -0.05) is 51.4 Å². The molecule has 20 heavy (non-hydrogen) atoms. The normalized spacial score (nSPS) is 10.8. The third-order valence-corrected chi connectivity index (χ3v) is 3.72. The van der Waals surface area contributed by atoms with E-state index in [0.717, 1.165) is 19.4 Å². The van der Waals surface area contributed by atoms with Crippen LogP contribution in [0, 0.1) is 0 Å². The molecule has 1 aromatic rings. The standard InChI is InChI=1S/C17H29NO2/c19-17(20)13-9-7-5-3-1-2-4-6-8-10-14-18-15-11-12-16-18/h11-12,15-16H,1-10,13-14H2,(H,19,20). The molecule has 0 saturated carbocycles. The van der Waals surface area contributed by atoms with Crippen molar-refractivity contribution < 1.29 is 9.90 Å². The Balaban J connectivity index is 1.73. The number of unbranched alkanes of at least 4 members (excludes halogenated alkanes) is 9. The van der Waals surface area contributed by atoms with Crippen LogP contribution in [0.2, 0.25) is 0 Å². The average Bonchev–Trinajstić information content (AvgIpc) is 2.93. The van der Waals surface area contributed by atoms with Crippen LogP contribution in [0.4, 0.5) is 0 Å². The van der Waals surface area contributed by atoms with Gasteiger partial charge < -0.3 is 9.67 Å². The Labute approximate surface area is 123 Å². The predicted molar refractivity (Wildman–Crippen MR) is 82.9 cm³/mol. The third-order valence-electron chi connectivity index (χ3n) is 3.72. The van der Waals surface area contributed by atoms with Gasteiger partial charge in [-0.25, -0.2) is 0 Å². The van der Waals surface area contributed by atoms with Gasteiger partial charge in [0.05, 0.1) is 0 Å². The minimum atomic E-state index is -0.662. The molecule has 0 saturated heterocycles. The molecule has 114 valence electrons. The number of aromatic nitrogens is 1. The molecule has 1 rings (SSSR count). The van der Waals surface area contributed by atoms with Crippen molar-refractivity contribution in [1.82, 2.24) is 4.57 Å². The molecule has 0 aliphatic carbocycles. The number of rotatable bonds is 13. The fourth-order valence-corrected chi connectivity index (χ4v) is 2.50. The van der Waals surface area contributed by atoms with Crippen LogP contribution in [0.1, 0.15) is 70.6 Å². The molecule has 3 nitrogen and oxygen atoms in total.